The number of hydrogen-bond acceptors (Lipinski definition) is 3. The molecular weight excluding hydrogens is 381 g/mol. The van der Waals surface area contributed by atoms with Gasteiger partial charge >= 0.3 is 0 Å². The topological polar surface area (TPSA) is 38.1 Å². The van der Waals surface area contributed by atoms with Gasteiger partial charge in [-0.2, -0.15) is 0 Å². The van der Waals surface area contributed by atoms with Crippen LogP contribution in [0.2, 0.25) is 10.0 Å². The number of halogens is 2. The highest BCUT2D eigenvalue weighted by Gasteiger charge is 2.42. The lowest BCUT2D eigenvalue weighted by Crippen LogP contribution is -2.42. The van der Waals surface area contributed by atoms with Crippen molar-refractivity contribution in [1.82, 2.24) is 9.55 Å². The van der Waals surface area contributed by atoms with Gasteiger partial charge < -0.3 is 4.90 Å². The first-order chi connectivity index (χ1) is 12.9. The predicted octanol–water partition coefficient (Wildman–Crippen LogP) is 5.25. The van der Waals surface area contributed by atoms with Gasteiger partial charge in [0, 0.05) is 19.2 Å². The fraction of sp³-hybridized carbons (Fsp3) is 0.524. The van der Waals surface area contributed by atoms with Crippen LogP contribution in [-0.4, -0.2) is 22.6 Å². The summed E-state index contributed by atoms with van der Waals surface area (Å²) in [5.41, 5.74) is 0.953. The average molecular weight is 406 g/mol. The van der Waals surface area contributed by atoms with Gasteiger partial charge in [0.1, 0.15) is 11.6 Å². The Morgan fingerprint density at radius 1 is 1.19 bits per heavy atom. The summed E-state index contributed by atoms with van der Waals surface area (Å²) in [5, 5.41) is 0.797. The zero-order chi connectivity index (χ0) is 19.2. The molecule has 0 unspecified atom stereocenters. The van der Waals surface area contributed by atoms with Crippen molar-refractivity contribution in [1.29, 1.82) is 0 Å². The first-order valence-corrected chi connectivity index (χ1v) is 10.5. The van der Waals surface area contributed by atoms with Gasteiger partial charge in [0.05, 0.1) is 15.7 Å². The molecule has 1 aromatic heterocycles. The van der Waals surface area contributed by atoms with E-state index in [9.17, 15) is 4.79 Å². The summed E-state index contributed by atoms with van der Waals surface area (Å²) in [4.78, 5) is 19.8. The standard InChI is InChI=1S/C21H25Cl2N3O/c1-14-5-4-8-21(14)9-11-25(12-10-21)18-13-19(27)26(15(2)24-18)17-7-3-6-16(22)20(17)23/h3,6-7,13-14H,4-5,8-12H2,1-2H3/t14-/m0/s1. The van der Waals surface area contributed by atoms with Crippen molar-refractivity contribution in [2.24, 2.45) is 11.3 Å². The highest BCUT2D eigenvalue weighted by Crippen LogP contribution is 2.50. The SMILES string of the molecule is Cc1nc(N2CCC3(CCC[C@@H]3C)CC2)cc(=O)n1-c1cccc(Cl)c1Cl. The number of hydrogen-bond donors (Lipinski definition) is 0. The summed E-state index contributed by atoms with van der Waals surface area (Å²) < 4.78 is 1.53. The molecule has 2 aromatic rings. The Hall–Kier alpha value is -1.52. The smallest absolute Gasteiger partial charge is 0.260 e. The van der Waals surface area contributed by atoms with Gasteiger partial charge in [-0.05, 0) is 49.7 Å². The summed E-state index contributed by atoms with van der Waals surface area (Å²) in [5.74, 6) is 2.20. The van der Waals surface area contributed by atoms with Crippen LogP contribution in [0.1, 0.15) is 44.9 Å². The van der Waals surface area contributed by atoms with E-state index in [1.807, 2.05) is 6.92 Å². The minimum absolute atomic E-state index is 0.129. The van der Waals surface area contributed by atoms with E-state index < -0.39 is 0 Å². The maximum Gasteiger partial charge on any atom is 0.260 e. The maximum absolute atomic E-state index is 12.9. The lowest BCUT2D eigenvalue weighted by molar-refractivity contribution is 0.161. The van der Waals surface area contributed by atoms with Crippen LogP contribution >= 0.6 is 23.2 Å². The molecule has 1 aliphatic heterocycles. The van der Waals surface area contributed by atoms with Crippen LogP contribution in [0.15, 0.2) is 29.1 Å². The third-order valence-electron chi connectivity index (χ3n) is 6.69. The normalized spacial score (nSPS) is 21.8. The molecule has 1 saturated heterocycles. The molecule has 2 aliphatic rings. The van der Waals surface area contributed by atoms with Gasteiger partial charge in [-0.3, -0.25) is 9.36 Å². The Bertz CT molecular complexity index is 916. The van der Waals surface area contributed by atoms with Crippen LogP contribution in [0, 0.1) is 18.3 Å². The zero-order valence-corrected chi connectivity index (χ0v) is 17.4. The molecule has 4 rings (SSSR count). The first kappa shape index (κ1) is 18.8. The van der Waals surface area contributed by atoms with Crippen LogP contribution in [-0.2, 0) is 0 Å². The summed E-state index contributed by atoms with van der Waals surface area (Å²) in [6.07, 6.45) is 6.45. The van der Waals surface area contributed by atoms with Crippen molar-refractivity contribution >= 4 is 29.0 Å². The molecule has 1 spiro atoms. The zero-order valence-electron chi connectivity index (χ0n) is 15.8. The molecule has 0 bridgehead atoms. The van der Waals surface area contributed by atoms with E-state index in [0.29, 0.717) is 27.0 Å². The Labute approximate surface area is 170 Å². The van der Waals surface area contributed by atoms with E-state index in [0.717, 1.165) is 24.8 Å². The number of aromatic nitrogens is 2. The second kappa shape index (κ2) is 7.14. The van der Waals surface area contributed by atoms with Gasteiger partial charge in [0.25, 0.3) is 5.56 Å². The Morgan fingerprint density at radius 2 is 1.93 bits per heavy atom. The Kier molecular flexibility index (Phi) is 4.98. The molecule has 4 nitrogen and oxygen atoms in total. The van der Waals surface area contributed by atoms with E-state index in [-0.39, 0.29) is 5.56 Å². The third kappa shape index (κ3) is 3.27. The summed E-state index contributed by atoms with van der Waals surface area (Å²) in [7, 11) is 0. The molecular formula is C21H25Cl2N3O. The monoisotopic (exact) mass is 405 g/mol. The van der Waals surface area contributed by atoms with Crippen LogP contribution in [0.25, 0.3) is 5.69 Å². The predicted molar refractivity (Wildman–Crippen MR) is 111 cm³/mol. The minimum Gasteiger partial charge on any atom is -0.356 e. The number of aryl methyl sites for hydroxylation is 1. The molecule has 1 saturated carbocycles. The molecule has 1 aliphatic carbocycles. The van der Waals surface area contributed by atoms with Gasteiger partial charge in [0.2, 0.25) is 0 Å². The van der Waals surface area contributed by atoms with Crippen LogP contribution < -0.4 is 10.5 Å². The summed E-state index contributed by atoms with van der Waals surface area (Å²) in [6.45, 7) is 6.18. The molecule has 6 heteroatoms. The van der Waals surface area contributed by atoms with Crippen molar-refractivity contribution < 1.29 is 0 Å². The van der Waals surface area contributed by atoms with Gasteiger partial charge in [-0.15, -0.1) is 0 Å². The highest BCUT2D eigenvalue weighted by molar-refractivity contribution is 6.43. The van der Waals surface area contributed by atoms with Gasteiger partial charge in [0.15, 0.2) is 0 Å². The molecule has 0 radical (unpaired) electrons. The van der Waals surface area contributed by atoms with Crippen molar-refractivity contribution in [3.8, 4) is 5.69 Å². The first-order valence-electron chi connectivity index (χ1n) is 9.71. The number of nitrogens with zero attached hydrogens (tertiary/aromatic N) is 3. The van der Waals surface area contributed by atoms with Gasteiger partial charge in [-0.1, -0.05) is 49.0 Å². The van der Waals surface area contributed by atoms with Crippen molar-refractivity contribution in [2.75, 3.05) is 18.0 Å². The van der Waals surface area contributed by atoms with E-state index in [4.69, 9.17) is 28.2 Å². The van der Waals surface area contributed by atoms with Crippen LogP contribution in [0.4, 0.5) is 5.82 Å². The Balaban J connectivity index is 1.61. The van der Waals surface area contributed by atoms with E-state index >= 15 is 0 Å². The maximum atomic E-state index is 12.9. The van der Waals surface area contributed by atoms with E-state index in [1.165, 1.54) is 36.7 Å². The quantitative estimate of drug-likeness (QED) is 0.683. The Morgan fingerprint density at radius 3 is 2.56 bits per heavy atom. The fourth-order valence-electron chi connectivity index (χ4n) is 4.94. The minimum atomic E-state index is -0.129. The summed E-state index contributed by atoms with van der Waals surface area (Å²) in [6, 6.07) is 6.91. The number of piperidine rings is 1. The molecule has 2 fully saturated rings. The summed E-state index contributed by atoms with van der Waals surface area (Å²) >= 11 is 12.4. The molecule has 0 N–H and O–H groups in total. The van der Waals surface area contributed by atoms with Gasteiger partial charge in [-0.25, -0.2) is 4.98 Å². The number of benzene rings is 1. The second-order valence-corrected chi connectivity index (χ2v) is 8.84. The fourth-order valence-corrected chi connectivity index (χ4v) is 5.32. The van der Waals surface area contributed by atoms with Crippen molar-refractivity contribution in [2.45, 2.75) is 46.0 Å². The third-order valence-corrected chi connectivity index (χ3v) is 7.49. The van der Waals surface area contributed by atoms with E-state index in [2.05, 4.69) is 11.8 Å². The lowest BCUT2D eigenvalue weighted by Gasteiger charge is -2.42. The largest absolute Gasteiger partial charge is 0.356 e. The molecule has 2 heterocycles. The van der Waals surface area contributed by atoms with E-state index in [1.54, 1.807) is 24.3 Å². The molecule has 1 atom stereocenters. The number of anilines is 1. The van der Waals surface area contributed by atoms with Crippen LogP contribution in [0.3, 0.4) is 0 Å². The lowest BCUT2D eigenvalue weighted by atomic mass is 9.71. The molecule has 144 valence electrons. The number of rotatable bonds is 2. The highest BCUT2D eigenvalue weighted by atomic mass is 35.5. The molecule has 0 amide bonds. The second-order valence-electron chi connectivity index (χ2n) is 8.05. The molecule has 27 heavy (non-hydrogen) atoms. The van der Waals surface area contributed by atoms with Crippen molar-refractivity contribution in [3.63, 3.8) is 0 Å². The van der Waals surface area contributed by atoms with Crippen LogP contribution in [0.5, 0.6) is 0 Å². The molecule has 1 aromatic carbocycles. The average Bonchev–Trinajstić information content (AvgIpc) is 2.98. The van der Waals surface area contributed by atoms with Crippen molar-refractivity contribution in [3.05, 3.63) is 50.5 Å².